The zero-order valence-corrected chi connectivity index (χ0v) is 9.39. The summed E-state index contributed by atoms with van der Waals surface area (Å²) in [7, 11) is 1.84. The molecule has 1 saturated heterocycles. The van der Waals surface area contributed by atoms with Crippen LogP contribution in [-0.4, -0.2) is 30.5 Å². The molecule has 0 radical (unpaired) electrons. The largest absolute Gasteiger partial charge is 0.358 e. The van der Waals surface area contributed by atoms with E-state index >= 15 is 0 Å². The monoisotopic (exact) mass is 217 g/mol. The lowest BCUT2D eigenvalue weighted by atomic mass is 9.97. The SMILES string of the molecule is CN1C(=O)C2CCCCN2c2ccncc21. The molecule has 0 spiro atoms. The normalized spacial score (nSPS) is 24.1. The minimum absolute atomic E-state index is 0.0497. The fraction of sp³-hybridized carbons (Fsp3) is 0.500. The number of pyridine rings is 1. The molecule has 1 fully saturated rings. The van der Waals surface area contributed by atoms with Crippen LogP contribution in [0.25, 0.3) is 0 Å². The molecule has 0 N–H and O–H groups in total. The molecule has 0 bridgehead atoms. The lowest BCUT2D eigenvalue weighted by molar-refractivity contribution is -0.120. The van der Waals surface area contributed by atoms with Crippen LogP contribution in [0.5, 0.6) is 0 Å². The van der Waals surface area contributed by atoms with Gasteiger partial charge < -0.3 is 9.80 Å². The summed E-state index contributed by atoms with van der Waals surface area (Å²) in [6.07, 6.45) is 6.88. The van der Waals surface area contributed by atoms with Crippen molar-refractivity contribution in [1.29, 1.82) is 0 Å². The maximum absolute atomic E-state index is 12.2. The number of fused-ring (bicyclic) bond motifs is 3. The van der Waals surface area contributed by atoms with Gasteiger partial charge in [-0.2, -0.15) is 0 Å². The highest BCUT2D eigenvalue weighted by Crippen LogP contribution is 2.37. The first kappa shape index (κ1) is 9.63. The Hall–Kier alpha value is -1.58. The fourth-order valence-corrected chi connectivity index (χ4v) is 2.70. The number of amides is 1. The zero-order valence-electron chi connectivity index (χ0n) is 9.39. The van der Waals surface area contributed by atoms with Crippen molar-refractivity contribution >= 4 is 17.3 Å². The van der Waals surface area contributed by atoms with E-state index in [1.54, 1.807) is 17.3 Å². The molecule has 3 heterocycles. The molecule has 4 nitrogen and oxygen atoms in total. The van der Waals surface area contributed by atoms with Gasteiger partial charge in [0.05, 0.1) is 17.6 Å². The van der Waals surface area contributed by atoms with Crippen LogP contribution in [0.15, 0.2) is 18.5 Å². The maximum atomic E-state index is 12.2. The second-order valence-corrected chi connectivity index (χ2v) is 4.47. The number of aromatic nitrogens is 1. The molecule has 0 aromatic carbocycles. The molecule has 2 aliphatic rings. The van der Waals surface area contributed by atoms with Crippen LogP contribution in [0.3, 0.4) is 0 Å². The molecule has 2 aliphatic heterocycles. The van der Waals surface area contributed by atoms with E-state index in [0.29, 0.717) is 0 Å². The van der Waals surface area contributed by atoms with E-state index in [9.17, 15) is 4.79 Å². The van der Waals surface area contributed by atoms with Gasteiger partial charge in [-0.25, -0.2) is 0 Å². The van der Waals surface area contributed by atoms with Gasteiger partial charge >= 0.3 is 0 Å². The molecule has 1 aromatic heterocycles. The highest BCUT2D eigenvalue weighted by molar-refractivity contribution is 6.04. The molecule has 0 saturated carbocycles. The third-order valence-electron chi connectivity index (χ3n) is 3.57. The van der Waals surface area contributed by atoms with E-state index in [2.05, 4.69) is 9.88 Å². The Kier molecular flexibility index (Phi) is 2.09. The van der Waals surface area contributed by atoms with Gasteiger partial charge in [0, 0.05) is 19.8 Å². The maximum Gasteiger partial charge on any atom is 0.249 e. The summed E-state index contributed by atoms with van der Waals surface area (Å²) < 4.78 is 0. The number of nitrogens with zero attached hydrogens (tertiary/aromatic N) is 3. The molecule has 0 aliphatic carbocycles. The fourth-order valence-electron chi connectivity index (χ4n) is 2.70. The third kappa shape index (κ3) is 1.22. The van der Waals surface area contributed by atoms with Crippen molar-refractivity contribution < 1.29 is 4.79 Å². The van der Waals surface area contributed by atoms with Crippen LogP contribution in [-0.2, 0) is 4.79 Å². The van der Waals surface area contributed by atoms with Crippen LogP contribution >= 0.6 is 0 Å². The van der Waals surface area contributed by atoms with Crippen molar-refractivity contribution in [2.75, 3.05) is 23.4 Å². The Bertz CT molecular complexity index is 432. The number of likely N-dealkylation sites (N-methyl/N-ethyl adjacent to an activating group) is 1. The topological polar surface area (TPSA) is 36.4 Å². The van der Waals surface area contributed by atoms with Gasteiger partial charge in [0.1, 0.15) is 6.04 Å². The number of piperidine rings is 1. The van der Waals surface area contributed by atoms with Gasteiger partial charge in [0.15, 0.2) is 0 Å². The summed E-state index contributed by atoms with van der Waals surface area (Å²) in [6.45, 7) is 0.987. The van der Waals surface area contributed by atoms with Crippen molar-refractivity contribution in [3.05, 3.63) is 18.5 Å². The highest BCUT2D eigenvalue weighted by Gasteiger charge is 2.37. The molecule has 4 heteroatoms. The molecular formula is C12H15N3O. The summed E-state index contributed by atoms with van der Waals surface area (Å²) >= 11 is 0. The summed E-state index contributed by atoms with van der Waals surface area (Å²) in [5.74, 6) is 0.209. The van der Waals surface area contributed by atoms with Crippen LogP contribution in [0.2, 0.25) is 0 Å². The first-order valence-corrected chi connectivity index (χ1v) is 5.77. The number of hydrogen-bond acceptors (Lipinski definition) is 3. The Morgan fingerprint density at radius 2 is 2.25 bits per heavy atom. The lowest BCUT2D eigenvalue weighted by Crippen LogP contribution is -2.54. The Morgan fingerprint density at radius 1 is 1.38 bits per heavy atom. The zero-order chi connectivity index (χ0) is 11.1. The first-order chi connectivity index (χ1) is 7.79. The molecule has 16 heavy (non-hydrogen) atoms. The minimum Gasteiger partial charge on any atom is -0.358 e. The Labute approximate surface area is 94.9 Å². The molecule has 3 rings (SSSR count). The van der Waals surface area contributed by atoms with Gasteiger partial charge in [-0.3, -0.25) is 9.78 Å². The van der Waals surface area contributed by atoms with Gasteiger partial charge in [-0.1, -0.05) is 0 Å². The predicted octanol–water partition coefficient (Wildman–Crippen LogP) is 1.42. The number of carbonyl (C=O) groups is 1. The van der Waals surface area contributed by atoms with E-state index in [1.807, 2.05) is 13.1 Å². The second kappa shape index (κ2) is 3.47. The summed E-state index contributed by atoms with van der Waals surface area (Å²) in [6, 6.07) is 2.06. The van der Waals surface area contributed by atoms with Crippen molar-refractivity contribution in [1.82, 2.24) is 4.98 Å². The van der Waals surface area contributed by atoms with Crippen molar-refractivity contribution in [2.24, 2.45) is 0 Å². The van der Waals surface area contributed by atoms with Crippen LogP contribution in [0.1, 0.15) is 19.3 Å². The Balaban J connectivity index is 2.11. The van der Waals surface area contributed by atoms with E-state index in [1.165, 1.54) is 6.42 Å². The number of rotatable bonds is 0. The summed E-state index contributed by atoms with van der Waals surface area (Å²) in [5.41, 5.74) is 2.09. The quantitative estimate of drug-likeness (QED) is 0.659. The minimum atomic E-state index is 0.0497. The predicted molar refractivity (Wildman–Crippen MR) is 62.6 cm³/mol. The second-order valence-electron chi connectivity index (χ2n) is 4.47. The van der Waals surface area contributed by atoms with Gasteiger partial charge in [-0.15, -0.1) is 0 Å². The van der Waals surface area contributed by atoms with E-state index in [0.717, 1.165) is 30.8 Å². The number of anilines is 2. The van der Waals surface area contributed by atoms with Gasteiger partial charge in [0.25, 0.3) is 0 Å². The standard InChI is InChI=1S/C12H15N3O/c1-14-11-8-13-6-5-9(11)15-7-3-2-4-10(15)12(14)16/h5-6,8,10H,2-4,7H2,1H3. The number of carbonyl (C=O) groups excluding carboxylic acids is 1. The van der Waals surface area contributed by atoms with E-state index in [-0.39, 0.29) is 11.9 Å². The molecular weight excluding hydrogens is 202 g/mol. The van der Waals surface area contributed by atoms with Crippen molar-refractivity contribution in [3.8, 4) is 0 Å². The Morgan fingerprint density at radius 3 is 3.12 bits per heavy atom. The molecule has 1 amide bonds. The van der Waals surface area contributed by atoms with E-state index in [4.69, 9.17) is 0 Å². The van der Waals surface area contributed by atoms with Crippen LogP contribution < -0.4 is 9.80 Å². The number of hydrogen-bond donors (Lipinski definition) is 0. The smallest absolute Gasteiger partial charge is 0.249 e. The van der Waals surface area contributed by atoms with Crippen LogP contribution in [0, 0.1) is 0 Å². The van der Waals surface area contributed by atoms with Crippen molar-refractivity contribution in [3.63, 3.8) is 0 Å². The molecule has 1 aromatic rings. The van der Waals surface area contributed by atoms with Gasteiger partial charge in [0.2, 0.25) is 5.91 Å². The first-order valence-electron chi connectivity index (χ1n) is 5.77. The third-order valence-corrected chi connectivity index (χ3v) is 3.57. The summed E-state index contributed by atoms with van der Waals surface area (Å²) in [5, 5.41) is 0. The van der Waals surface area contributed by atoms with Gasteiger partial charge in [-0.05, 0) is 25.3 Å². The highest BCUT2D eigenvalue weighted by atomic mass is 16.2. The molecule has 1 unspecified atom stereocenters. The summed E-state index contributed by atoms with van der Waals surface area (Å²) in [4.78, 5) is 20.3. The molecule has 1 atom stereocenters. The van der Waals surface area contributed by atoms with Crippen molar-refractivity contribution in [2.45, 2.75) is 25.3 Å². The van der Waals surface area contributed by atoms with Crippen LogP contribution in [0.4, 0.5) is 11.4 Å². The average Bonchev–Trinajstić information content (AvgIpc) is 2.36. The average molecular weight is 217 g/mol. The van der Waals surface area contributed by atoms with E-state index < -0.39 is 0 Å². The lowest BCUT2D eigenvalue weighted by Gasteiger charge is -2.43. The molecule has 84 valence electrons.